The molecular weight excluding hydrogens is 519 g/mol. The average Bonchev–Trinajstić information content (AvgIpc) is 2.86. The number of benzene rings is 3. The average molecular weight is 548 g/mol. The van der Waals surface area contributed by atoms with Crippen LogP contribution in [-0.4, -0.2) is 35.9 Å². The van der Waals surface area contributed by atoms with Crippen LogP contribution < -0.4 is 10.1 Å². The van der Waals surface area contributed by atoms with E-state index in [-0.39, 0.29) is 25.0 Å². The van der Waals surface area contributed by atoms with Crippen LogP contribution in [0.15, 0.2) is 72.8 Å². The Morgan fingerprint density at radius 1 is 0.861 bits per heavy atom. The third-order valence-corrected chi connectivity index (χ3v) is 6.55. The van der Waals surface area contributed by atoms with E-state index in [1.165, 1.54) is 4.90 Å². The first-order chi connectivity index (χ1) is 17.3. The van der Waals surface area contributed by atoms with Gasteiger partial charge in [0.15, 0.2) is 6.61 Å². The fourth-order valence-corrected chi connectivity index (χ4v) is 4.32. The predicted molar refractivity (Wildman–Crippen MR) is 146 cm³/mol. The first kappa shape index (κ1) is 27.9. The number of carbonyl (C=O) groups is 2. The molecule has 0 fully saturated rings. The lowest BCUT2D eigenvalue weighted by Gasteiger charge is -2.32. The monoisotopic (exact) mass is 546 g/mol. The number of ether oxygens (including phenoxy) is 1. The molecule has 3 aromatic rings. The van der Waals surface area contributed by atoms with E-state index in [0.29, 0.717) is 39.3 Å². The molecule has 0 heterocycles. The minimum atomic E-state index is -0.819. The minimum Gasteiger partial charge on any atom is -0.482 e. The molecule has 0 saturated heterocycles. The maximum absolute atomic E-state index is 13.6. The van der Waals surface area contributed by atoms with E-state index < -0.39 is 11.9 Å². The number of carbonyl (C=O) groups excluding carboxylic acids is 2. The van der Waals surface area contributed by atoms with Crippen LogP contribution in [0.5, 0.6) is 5.75 Å². The van der Waals surface area contributed by atoms with Crippen molar-refractivity contribution < 1.29 is 14.3 Å². The lowest BCUT2D eigenvalue weighted by atomic mass is 10.0. The highest BCUT2D eigenvalue weighted by Crippen LogP contribution is 2.28. The molecule has 5 nitrogen and oxygen atoms in total. The summed E-state index contributed by atoms with van der Waals surface area (Å²) < 4.78 is 5.74. The summed E-state index contributed by atoms with van der Waals surface area (Å²) in [4.78, 5) is 28.6. The van der Waals surface area contributed by atoms with Gasteiger partial charge >= 0.3 is 0 Å². The molecule has 0 aromatic heterocycles. The topological polar surface area (TPSA) is 58.6 Å². The molecule has 3 rings (SSSR count). The molecule has 1 N–H and O–H groups in total. The molecule has 36 heavy (non-hydrogen) atoms. The Morgan fingerprint density at radius 3 is 2.11 bits per heavy atom. The van der Waals surface area contributed by atoms with E-state index >= 15 is 0 Å². The second-order valence-corrected chi connectivity index (χ2v) is 10.0. The second-order valence-electron chi connectivity index (χ2n) is 8.79. The smallest absolute Gasteiger partial charge is 0.261 e. The molecule has 8 heteroatoms. The zero-order chi connectivity index (χ0) is 26.1. The van der Waals surface area contributed by atoms with E-state index in [4.69, 9.17) is 39.5 Å². The first-order valence-electron chi connectivity index (χ1n) is 11.7. The van der Waals surface area contributed by atoms with Gasteiger partial charge in [-0.15, -0.1) is 0 Å². The number of nitrogens with one attached hydrogen (secondary N) is 1. The molecule has 190 valence electrons. The van der Waals surface area contributed by atoms with Crippen LogP contribution in [0.25, 0.3) is 0 Å². The van der Waals surface area contributed by atoms with Crippen LogP contribution in [0.4, 0.5) is 0 Å². The summed E-state index contributed by atoms with van der Waals surface area (Å²) >= 11 is 19.1. The van der Waals surface area contributed by atoms with Crippen LogP contribution in [0.1, 0.15) is 25.0 Å². The number of halogens is 3. The van der Waals surface area contributed by atoms with E-state index in [0.717, 1.165) is 5.56 Å². The second kappa shape index (κ2) is 13.5. The summed E-state index contributed by atoms with van der Waals surface area (Å²) in [5.41, 5.74) is 1.47. The summed E-state index contributed by atoms with van der Waals surface area (Å²) in [5.74, 6) is -0.0301. The number of amides is 2. The van der Waals surface area contributed by atoms with Crippen LogP contribution in [0.3, 0.4) is 0 Å². The van der Waals surface area contributed by atoms with E-state index in [1.807, 2.05) is 44.2 Å². The van der Waals surface area contributed by atoms with Gasteiger partial charge in [-0.3, -0.25) is 9.59 Å². The molecular formula is C28H29Cl3N2O3. The Kier molecular flexibility index (Phi) is 10.5. The molecule has 0 radical (unpaired) electrons. The van der Waals surface area contributed by atoms with Crippen LogP contribution in [0, 0.1) is 5.92 Å². The SMILES string of the molecule is CC(C)CNC(=O)C(Cc1ccccc1)N(Cc1c(Cl)cccc1Cl)C(=O)COc1ccccc1Cl. The normalized spacial score (nSPS) is 11.7. The highest BCUT2D eigenvalue weighted by atomic mass is 35.5. The number of para-hydroxylation sites is 1. The van der Waals surface area contributed by atoms with Gasteiger partial charge in [-0.2, -0.15) is 0 Å². The highest BCUT2D eigenvalue weighted by molar-refractivity contribution is 6.36. The molecule has 0 aliphatic heterocycles. The van der Waals surface area contributed by atoms with E-state index in [1.54, 1.807) is 42.5 Å². The van der Waals surface area contributed by atoms with Gasteiger partial charge in [0.25, 0.3) is 5.91 Å². The van der Waals surface area contributed by atoms with Crippen LogP contribution in [-0.2, 0) is 22.6 Å². The predicted octanol–water partition coefficient (Wildman–Crippen LogP) is 6.44. The van der Waals surface area contributed by atoms with E-state index in [9.17, 15) is 9.59 Å². The number of hydrogen-bond acceptors (Lipinski definition) is 3. The fourth-order valence-electron chi connectivity index (χ4n) is 3.61. The molecule has 0 spiro atoms. The standard InChI is InChI=1S/C28H29Cl3N2O3/c1-19(2)16-32-28(35)25(15-20-9-4-3-5-10-20)33(17-21-22(29)12-8-13-23(21)30)27(34)18-36-26-14-7-6-11-24(26)31/h3-14,19,25H,15-18H2,1-2H3,(H,32,35). The van der Waals surface area contributed by atoms with Crippen molar-refractivity contribution >= 4 is 46.6 Å². The van der Waals surface area contributed by atoms with E-state index in [2.05, 4.69) is 5.32 Å². The fraction of sp³-hybridized carbons (Fsp3) is 0.286. The third-order valence-electron chi connectivity index (χ3n) is 5.53. The van der Waals surface area contributed by atoms with Gasteiger partial charge in [0.05, 0.1) is 5.02 Å². The zero-order valence-electron chi connectivity index (χ0n) is 20.2. The number of hydrogen-bond donors (Lipinski definition) is 1. The first-order valence-corrected chi connectivity index (χ1v) is 12.8. The van der Waals surface area contributed by atoms with Gasteiger partial charge in [-0.05, 0) is 35.7 Å². The van der Waals surface area contributed by atoms with Crippen molar-refractivity contribution in [3.63, 3.8) is 0 Å². The van der Waals surface area contributed by atoms with Crippen molar-refractivity contribution in [1.82, 2.24) is 10.2 Å². The van der Waals surface area contributed by atoms with Gasteiger partial charge in [0.2, 0.25) is 5.91 Å². The Balaban J connectivity index is 1.96. The molecule has 0 saturated carbocycles. The van der Waals surface area contributed by atoms with Crippen LogP contribution >= 0.6 is 34.8 Å². The Hall–Kier alpha value is -2.73. The van der Waals surface area contributed by atoms with Gasteiger partial charge < -0.3 is 15.0 Å². The van der Waals surface area contributed by atoms with Gasteiger partial charge in [0.1, 0.15) is 11.8 Å². The Bertz CT molecular complexity index is 1150. The summed E-state index contributed by atoms with van der Waals surface area (Å²) in [6.45, 7) is 4.23. The van der Waals surface area contributed by atoms with Crippen LogP contribution in [0.2, 0.25) is 15.1 Å². The van der Waals surface area contributed by atoms with Crippen molar-refractivity contribution in [2.45, 2.75) is 32.9 Å². The maximum Gasteiger partial charge on any atom is 0.261 e. The minimum absolute atomic E-state index is 0.0375. The van der Waals surface area contributed by atoms with Crippen molar-refractivity contribution in [2.24, 2.45) is 5.92 Å². The Morgan fingerprint density at radius 2 is 1.47 bits per heavy atom. The molecule has 0 aliphatic carbocycles. The maximum atomic E-state index is 13.6. The Labute approximate surface area is 227 Å². The van der Waals surface area contributed by atoms with Gasteiger partial charge in [-0.25, -0.2) is 0 Å². The number of nitrogens with zero attached hydrogens (tertiary/aromatic N) is 1. The van der Waals surface area contributed by atoms with Crippen molar-refractivity contribution in [2.75, 3.05) is 13.2 Å². The van der Waals surface area contributed by atoms with Crippen molar-refractivity contribution in [1.29, 1.82) is 0 Å². The zero-order valence-corrected chi connectivity index (χ0v) is 22.5. The summed E-state index contributed by atoms with van der Waals surface area (Å²) in [5, 5.41) is 4.19. The molecule has 3 aromatic carbocycles. The quantitative estimate of drug-likeness (QED) is 0.301. The molecule has 2 amide bonds. The molecule has 0 bridgehead atoms. The molecule has 1 atom stereocenters. The lowest BCUT2D eigenvalue weighted by molar-refractivity contribution is -0.142. The largest absolute Gasteiger partial charge is 0.482 e. The number of rotatable bonds is 11. The van der Waals surface area contributed by atoms with Crippen molar-refractivity contribution in [3.05, 3.63) is 99.0 Å². The summed E-state index contributed by atoms with van der Waals surface area (Å²) in [6.07, 6.45) is 0.310. The van der Waals surface area contributed by atoms with Gasteiger partial charge in [-0.1, -0.05) is 97.2 Å². The molecule has 0 aliphatic rings. The summed E-state index contributed by atoms with van der Waals surface area (Å²) in [7, 11) is 0. The van der Waals surface area contributed by atoms with Gasteiger partial charge in [0, 0.05) is 35.1 Å². The molecule has 1 unspecified atom stereocenters. The third kappa shape index (κ3) is 7.89. The summed E-state index contributed by atoms with van der Waals surface area (Å²) in [6, 6.07) is 20.8. The lowest BCUT2D eigenvalue weighted by Crippen LogP contribution is -2.52. The highest BCUT2D eigenvalue weighted by Gasteiger charge is 2.31. The van der Waals surface area contributed by atoms with Crippen molar-refractivity contribution in [3.8, 4) is 5.75 Å².